The molecule has 1 atom stereocenters. The summed E-state index contributed by atoms with van der Waals surface area (Å²) in [6.07, 6.45) is 6.18. The number of aliphatic hydroxyl groups is 1. The van der Waals surface area contributed by atoms with Gasteiger partial charge in [-0.1, -0.05) is 37.8 Å². The number of ether oxygens (including phenoxy) is 1. The number of para-hydroxylation sites is 2. The van der Waals surface area contributed by atoms with E-state index in [1.165, 1.54) is 31.4 Å². The molecule has 1 aromatic carbocycles. The summed E-state index contributed by atoms with van der Waals surface area (Å²) in [5.74, 6) is 1.71. The zero-order valence-electron chi connectivity index (χ0n) is 14.3. The minimum absolute atomic E-state index is 0.157. The van der Waals surface area contributed by atoms with E-state index in [0.29, 0.717) is 0 Å². The minimum Gasteiger partial charge on any atom is -0.495 e. The van der Waals surface area contributed by atoms with Crippen molar-refractivity contribution in [2.24, 2.45) is 5.92 Å². The summed E-state index contributed by atoms with van der Waals surface area (Å²) >= 11 is 0. The van der Waals surface area contributed by atoms with Gasteiger partial charge in [-0.05, 0) is 24.5 Å². The maximum absolute atomic E-state index is 10.4. The second-order valence-electron chi connectivity index (χ2n) is 7.00. The first-order chi connectivity index (χ1) is 11.3. The zero-order chi connectivity index (χ0) is 16.1. The predicted molar refractivity (Wildman–Crippen MR) is 94.2 cm³/mol. The maximum Gasteiger partial charge on any atom is 0.142 e. The van der Waals surface area contributed by atoms with Gasteiger partial charge in [0.15, 0.2) is 0 Å². The summed E-state index contributed by atoms with van der Waals surface area (Å²) in [7, 11) is 1.73. The summed E-state index contributed by atoms with van der Waals surface area (Å²) in [5, 5.41) is 10.4. The fraction of sp³-hybridized carbons (Fsp3) is 0.684. The van der Waals surface area contributed by atoms with Gasteiger partial charge in [-0.2, -0.15) is 0 Å². The largest absolute Gasteiger partial charge is 0.495 e. The third-order valence-electron chi connectivity index (χ3n) is 5.35. The van der Waals surface area contributed by atoms with Crippen molar-refractivity contribution < 1.29 is 9.84 Å². The molecule has 128 valence electrons. The summed E-state index contributed by atoms with van der Waals surface area (Å²) < 4.78 is 5.47. The van der Waals surface area contributed by atoms with Gasteiger partial charge in [-0.3, -0.25) is 4.90 Å². The molecule has 0 bridgehead atoms. The van der Waals surface area contributed by atoms with E-state index in [4.69, 9.17) is 4.74 Å². The van der Waals surface area contributed by atoms with E-state index >= 15 is 0 Å². The van der Waals surface area contributed by atoms with E-state index in [-0.39, 0.29) is 6.10 Å². The number of nitrogens with zero attached hydrogens (tertiary/aromatic N) is 2. The molecule has 0 spiro atoms. The first-order valence-electron chi connectivity index (χ1n) is 9.04. The van der Waals surface area contributed by atoms with Gasteiger partial charge >= 0.3 is 0 Å². The molecular weight excluding hydrogens is 288 g/mol. The molecule has 0 aromatic heterocycles. The maximum atomic E-state index is 10.4. The van der Waals surface area contributed by atoms with Crippen LogP contribution in [0.2, 0.25) is 0 Å². The van der Waals surface area contributed by atoms with Crippen LogP contribution in [0.25, 0.3) is 0 Å². The Morgan fingerprint density at radius 3 is 2.52 bits per heavy atom. The number of anilines is 1. The number of hydrogen-bond donors (Lipinski definition) is 1. The lowest BCUT2D eigenvalue weighted by Gasteiger charge is -2.37. The Morgan fingerprint density at radius 2 is 1.83 bits per heavy atom. The number of β-amino-alcohol motifs (C(OH)–C–C–N with tert-alkyl or cyclic N) is 1. The molecule has 0 unspecified atom stereocenters. The molecule has 1 saturated carbocycles. The lowest BCUT2D eigenvalue weighted by atomic mass is 9.99. The molecule has 2 aliphatic rings. The monoisotopic (exact) mass is 318 g/mol. The van der Waals surface area contributed by atoms with Crippen LogP contribution in [0.4, 0.5) is 5.69 Å². The third kappa shape index (κ3) is 4.39. The molecule has 0 amide bonds. The number of methoxy groups -OCH3 is 1. The normalized spacial score (nSPS) is 21.6. The van der Waals surface area contributed by atoms with Crippen LogP contribution >= 0.6 is 0 Å². The Morgan fingerprint density at radius 1 is 1.13 bits per heavy atom. The number of aliphatic hydroxyl groups excluding tert-OH is 1. The van der Waals surface area contributed by atoms with Crippen molar-refractivity contribution in [3.63, 3.8) is 0 Å². The van der Waals surface area contributed by atoms with E-state index < -0.39 is 0 Å². The summed E-state index contributed by atoms with van der Waals surface area (Å²) in [4.78, 5) is 4.80. The van der Waals surface area contributed by atoms with Crippen molar-refractivity contribution in [3.8, 4) is 5.75 Å². The molecule has 1 N–H and O–H groups in total. The van der Waals surface area contributed by atoms with Crippen LogP contribution in [-0.2, 0) is 0 Å². The van der Waals surface area contributed by atoms with E-state index in [0.717, 1.165) is 50.8 Å². The average Bonchev–Trinajstić information content (AvgIpc) is 3.08. The van der Waals surface area contributed by atoms with Crippen LogP contribution < -0.4 is 9.64 Å². The minimum atomic E-state index is -0.157. The smallest absolute Gasteiger partial charge is 0.142 e. The molecular formula is C19H30N2O2. The quantitative estimate of drug-likeness (QED) is 0.875. The zero-order valence-corrected chi connectivity index (χ0v) is 14.3. The van der Waals surface area contributed by atoms with Crippen molar-refractivity contribution in [2.45, 2.75) is 38.2 Å². The topological polar surface area (TPSA) is 35.9 Å². The Kier molecular flexibility index (Phi) is 5.79. The lowest BCUT2D eigenvalue weighted by molar-refractivity contribution is 0.0884. The SMILES string of the molecule is COc1ccccc1N1CCN(C[C@H](O)CC2CCCC2)CC1. The van der Waals surface area contributed by atoms with Crippen LogP contribution in [0, 0.1) is 5.92 Å². The molecule has 1 aliphatic heterocycles. The Labute approximate surface area is 140 Å². The average molecular weight is 318 g/mol. The van der Waals surface area contributed by atoms with Gasteiger partial charge in [0.1, 0.15) is 5.75 Å². The third-order valence-corrected chi connectivity index (χ3v) is 5.35. The molecule has 2 fully saturated rings. The van der Waals surface area contributed by atoms with Crippen LogP contribution in [0.1, 0.15) is 32.1 Å². The number of benzene rings is 1. The first-order valence-corrected chi connectivity index (χ1v) is 9.04. The Hall–Kier alpha value is -1.26. The van der Waals surface area contributed by atoms with Gasteiger partial charge in [-0.25, -0.2) is 0 Å². The number of hydrogen-bond acceptors (Lipinski definition) is 4. The van der Waals surface area contributed by atoms with Gasteiger partial charge in [0.2, 0.25) is 0 Å². The molecule has 1 saturated heterocycles. The van der Waals surface area contributed by atoms with Crippen molar-refractivity contribution in [3.05, 3.63) is 24.3 Å². The molecule has 23 heavy (non-hydrogen) atoms. The number of rotatable bonds is 6. The van der Waals surface area contributed by atoms with Gasteiger partial charge in [-0.15, -0.1) is 0 Å². The highest BCUT2D eigenvalue weighted by Gasteiger charge is 2.23. The molecule has 4 nitrogen and oxygen atoms in total. The fourth-order valence-corrected chi connectivity index (χ4v) is 4.07. The van der Waals surface area contributed by atoms with Crippen LogP contribution in [-0.4, -0.2) is 55.9 Å². The van der Waals surface area contributed by atoms with Gasteiger partial charge < -0.3 is 14.7 Å². The van der Waals surface area contributed by atoms with Gasteiger partial charge in [0.05, 0.1) is 18.9 Å². The number of piperazine rings is 1. The highest BCUT2D eigenvalue weighted by Crippen LogP contribution is 2.30. The summed E-state index contributed by atoms with van der Waals surface area (Å²) in [6, 6.07) is 8.23. The lowest BCUT2D eigenvalue weighted by Crippen LogP contribution is -2.48. The van der Waals surface area contributed by atoms with Crippen LogP contribution in [0.5, 0.6) is 5.75 Å². The second-order valence-corrected chi connectivity index (χ2v) is 7.00. The Balaban J connectivity index is 1.46. The van der Waals surface area contributed by atoms with E-state index in [2.05, 4.69) is 21.9 Å². The first kappa shape index (κ1) is 16.6. The molecule has 0 radical (unpaired) electrons. The summed E-state index contributed by atoms with van der Waals surface area (Å²) in [5.41, 5.74) is 1.18. The van der Waals surface area contributed by atoms with Crippen molar-refractivity contribution in [2.75, 3.05) is 44.7 Å². The van der Waals surface area contributed by atoms with Crippen LogP contribution in [0.15, 0.2) is 24.3 Å². The van der Waals surface area contributed by atoms with Crippen LogP contribution in [0.3, 0.4) is 0 Å². The van der Waals surface area contributed by atoms with Crippen molar-refractivity contribution in [1.29, 1.82) is 0 Å². The van der Waals surface area contributed by atoms with Gasteiger partial charge in [0.25, 0.3) is 0 Å². The summed E-state index contributed by atoms with van der Waals surface area (Å²) in [6.45, 7) is 4.85. The molecule has 1 heterocycles. The van der Waals surface area contributed by atoms with Crippen molar-refractivity contribution in [1.82, 2.24) is 4.90 Å². The highest BCUT2D eigenvalue weighted by molar-refractivity contribution is 5.58. The fourth-order valence-electron chi connectivity index (χ4n) is 4.07. The highest BCUT2D eigenvalue weighted by atomic mass is 16.5. The Bertz CT molecular complexity index is 480. The van der Waals surface area contributed by atoms with E-state index in [1.54, 1.807) is 7.11 Å². The molecule has 3 rings (SSSR count). The predicted octanol–water partition coefficient (Wildman–Crippen LogP) is 2.76. The molecule has 1 aliphatic carbocycles. The standard InChI is InChI=1S/C19H30N2O2/c1-23-19-9-5-4-8-18(19)21-12-10-20(11-13-21)15-17(22)14-16-6-2-3-7-16/h4-5,8-9,16-17,22H,2-3,6-7,10-15H2,1H3/t17-/m1/s1. The second kappa shape index (κ2) is 8.02. The van der Waals surface area contributed by atoms with Crippen molar-refractivity contribution >= 4 is 5.69 Å². The van der Waals surface area contributed by atoms with E-state index in [1.807, 2.05) is 12.1 Å². The van der Waals surface area contributed by atoms with E-state index in [9.17, 15) is 5.11 Å². The molecule has 1 aromatic rings. The molecule has 4 heteroatoms. The van der Waals surface area contributed by atoms with Gasteiger partial charge in [0, 0.05) is 32.7 Å².